The molecular formula is C17H21FN2O7S. The molecule has 0 bridgehead atoms. The molecule has 2 N–H and O–H groups in total. The third kappa shape index (κ3) is 7.14. The largest absolute Gasteiger partial charge is 0.479 e. The topological polar surface area (TPSA) is 128 Å². The van der Waals surface area contributed by atoms with Gasteiger partial charge in [0.2, 0.25) is 5.91 Å². The first kappa shape index (κ1) is 21.6. The number of benzene rings is 1. The summed E-state index contributed by atoms with van der Waals surface area (Å²) in [6.45, 7) is 0.759. The van der Waals surface area contributed by atoms with E-state index in [4.69, 9.17) is 9.47 Å². The molecule has 0 saturated carbocycles. The van der Waals surface area contributed by atoms with Gasteiger partial charge in [-0.25, -0.2) is 17.6 Å². The highest BCUT2D eigenvalue weighted by atomic mass is 32.2. The normalized spacial score (nSPS) is 18.7. The fourth-order valence-corrected chi connectivity index (χ4v) is 4.40. The number of rotatable bonds is 7. The van der Waals surface area contributed by atoms with Crippen LogP contribution < -0.4 is 15.6 Å². The van der Waals surface area contributed by atoms with Crippen LogP contribution in [0.25, 0.3) is 0 Å². The Kier molecular flexibility index (Phi) is 7.32. The number of hydrogen-bond donors (Lipinski definition) is 2. The fraction of sp³-hybridized carbons (Fsp3) is 0.471. The van der Waals surface area contributed by atoms with Crippen LogP contribution in [0.3, 0.4) is 0 Å². The molecule has 0 radical (unpaired) electrons. The molecule has 1 aromatic carbocycles. The highest BCUT2D eigenvalue weighted by Crippen LogP contribution is 2.21. The quantitative estimate of drug-likeness (QED) is 0.477. The average molecular weight is 416 g/mol. The second kappa shape index (κ2) is 9.49. The molecule has 2 rings (SSSR count). The van der Waals surface area contributed by atoms with Crippen LogP contribution in [0.5, 0.6) is 5.75 Å². The predicted molar refractivity (Wildman–Crippen MR) is 95.1 cm³/mol. The van der Waals surface area contributed by atoms with Crippen molar-refractivity contribution in [2.24, 2.45) is 5.92 Å². The van der Waals surface area contributed by atoms with Crippen molar-refractivity contribution in [3.05, 3.63) is 30.1 Å². The van der Waals surface area contributed by atoms with Gasteiger partial charge in [0.25, 0.3) is 5.91 Å². The van der Waals surface area contributed by atoms with Crippen LogP contribution in [0.2, 0.25) is 0 Å². The second-order valence-electron chi connectivity index (χ2n) is 6.39. The minimum atomic E-state index is -3.08. The summed E-state index contributed by atoms with van der Waals surface area (Å²) in [5, 5.41) is 0. The molecule has 0 spiro atoms. The number of carbonyl (C=O) groups is 3. The van der Waals surface area contributed by atoms with Gasteiger partial charge >= 0.3 is 5.97 Å². The molecule has 1 aliphatic rings. The summed E-state index contributed by atoms with van der Waals surface area (Å²) in [4.78, 5) is 35.1. The summed E-state index contributed by atoms with van der Waals surface area (Å²) in [6, 6.07) is 5.03. The Morgan fingerprint density at radius 2 is 1.82 bits per heavy atom. The highest BCUT2D eigenvalue weighted by Gasteiger charge is 2.29. The first-order chi connectivity index (χ1) is 13.1. The maximum absolute atomic E-state index is 12.8. The van der Waals surface area contributed by atoms with E-state index in [9.17, 15) is 27.2 Å². The Bertz CT molecular complexity index is 826. The van der Waals surface area contributed by atoms with Crippen molar-refractivity contribution in [2.75, 3.05) is 18.1 Å². The maximum Gasteiger partial charge on any atom is 0.347 e. The molecule has 1 heterocycles. The van der Waals surface area contributed by atoms with E-state index in [1.165, 1.54) is 31.2 Å². The Balaban J connectivity index is 1.65. The molecule has 1 saturated heterocycles. The Morgan fingerprint density at radius 1 is 1.18 bits per heavy atom. The van der Waals surface area contributed by atoms with Gasteiger partial charge in [0, 0.05) is 6.42 Å². The Labute approximate surface area is 161 Å². The number of esters is 1. The predicted octanol–water partition coefficient (Wildman–Crippen LogP) is 0.108. The molecule has 2 atom stereocenters. The van der Waals surface area contributed by atoms with Crippen LogP contribution in [0.4, 0.5) is 4.39 Å². The highest BCUT2D eigenvalue weighted by molar-refractivity contribution is 7.91. The fourth-order valence-electron chi connectivity index (χ4n) is 2.54. The summed E-state index contributed by atoms with van der Waals surface area (Å²) < 4.78 is 45.5. The number of ether oxygens (including phenoxy) is 2. The van der Waals surface area contributed by atoms with Crippen LogP contribution >= 0.6 is 0 Å². The number of nitrogens with one attached hydrogen (secondary N) is 2. The third-order valence-electron chi connectivity index (χ3n) is 3.95. The van der Waals surface area contributed by atoms with Gasteiger partial charge in [0.05, 0.1) is 11.5 Å². The number of hydrazine groups is 1. The first-order valence-corrected chi connectivity index (χ1v) is 10.3. The zero-order chi connectivity index (χ0) is 20.7. The van der Waals surface area contributed by atoms with Gasteiger partial charge in [-0.3, -0.25) is 20.4 Å². The molecule has 0 aromatic heterocycles. The average Bonchev–Trinajstić information content (AvgIpc) is 2.98. The number of sulfone groups is 1. The van der Waals surface area contributed by atoms with Gasteiger partial charge < -0.3 is 9.47 Å². The molecule has 9 nitrogen and oxygen atoms in total. The van der Waals surface area contributed by atoms with E-state index < -0.39 is 46.1 Å². The van der Waals surface area contributed by atoms with Crippen molar-refractivity contribution < 1.29 is 36.7 Å². The maximum atomic E-state index is 12.8. The lowest BCUT2D eigenvalue weighted by Crippen LogP contribution is -2.44. The summed E-state index contributed by atoms with van der Waals surface area (Å²) >= 11 is 0. The smallest absolute Gasteiger partial charge is 0.347 e. The monoisotopic (exact) mass is 416 g/mol. The van der Waals surface area contributed by atoms with E-state index in [0.717, 1.165) is 0 Å². The number of amides is 2. The van der Waals surface area contributed by atoms with Gasteiger partial charge in [0.1, 0.15) is 11.6 Å². The molecular weight excluding hydrogens is 395 g/mol. The molecule has 11 heteroatoms. The minimum Gasteiger partial charge on any atom is -0.479 e. The molecule has 2 amide bonds. The lowest BCUT2D eigenvalue weighted by Gasteiger charge is -2.14. The van der Waals surface area contributed by atoms with Crippen LogP contribution in [0.1, 0.15) is 19.8 Å². The second-order valence-corrected chi connectivity index (χ2v) is 8.62. The van der Waals surface area contributed by atoms with Gasteiger partial charge in [-0.05, 0) is 43.5 Å². The van der Waals surface area contributed by atoms with Crippen molar-refractivity contribution in [1.29, 1.82) is 0 Å². The lowest BCUT2D eigenvalue weighted by atomic mass is 10.1. The standard InChI is InChI=1S/C17H21FN2O7S/c1-11(27-14-4-2-13(18)3-5-14)17(23)26-9-16(22)20-19-15(21)8-12-6-7-28(24,25)10-12/h2-5,11-12H,6-10H2,1H3,(H,19,21)(H,20,22)/t11-,12-/m0/s1. The van der Waals surface area contributed by atoms with Crippen LogP contribution in [0.15, 0.2) is 24.3 Å². The summed E-state index contributed by atoms with van der Waals surface area (Å²) in [5.41, 5.74) is 4.22. The first-order valence-electron chi connectivity index (χ1n) is 8.51. The molecule has 28 heavy (non-hydrogen) atoms. The molecule has 154 valence electrons. The van der Waals surface area contributed by atoms with Crippen molar-refractivity contribution in [3.8, 4) is 5.75 Å². The zero-order valence-corrected chi connectivity index (χ0v) is 16.0. The SMILES string of the molecule is C[C@H](Oc1ccc(F)cc1)C(=O)OCC(=O)NNC(=O)C[C@@H]1CCS(=O)(=O)C1. The van der Waals surface area contributed by atoms with Crippen LogP contribution in [-0.2, 0) is 29.0 Å². The van der Waals surface area contributed by atoms with Gasteiger partial charge in [-0.1, -0.05) is 0 Å². The van der Waals surface area contributed by atoms with Crippen LogP contribution in [-0.4, -0.2) is 50.4 Å². The van der Waals surface area contributed by atoms with E-state index >= 15 is 0 Å². The van der Waals surface area contributed by atoms with E-state index in [1.54, 1.807) is 0 Å². The zero-order valence-electron chi connectivity index (χ0n) is 15.1. The molecule has 1 aromatic rings. The van der Waals surface area contributed by atoms with Gasteiger partial charge in [0.15, 0.2) is 22.5 Å². The number of halogens is 1. The van der Waals surface area contributed by atoms with Crippen molar-refractivity contribution in [3.63, 3.8) is 0 Å². The third-order valence-corrected chi connectivity index (χ3v) is 5.78. The van der Waals surface area contributed by atoms with E-state index in [1.807, 2.05) is 0 Å². The minimum absolute atomic E-state index is 0.0260. The van der Waals surface area contributed by atoms with Crippen molar-refractivity contribution in [1.82, 2.24) is 10.9 Å². The van der Waals surface area contributed by atoms with Gasteiger partial charge in [-0.2, -0.15) is 0 Å². The molecule has 0 unspecified atom stereocenters. The molecule has 1 fully saturated rings. The van der Waals surface area contributed by atoms with Crippen molar-refractivity contribution >= 4 is 27.6 Å². The summed E-state index contributed by atoms with van der Waals surface area (Å²) in [7, 11) is -3.08. The van der Waals surface area contributed by atoms with E-state index in [-0.39, 0.29) is 29.6 Å². The lowest BCUT2D eigenvalue weighted by molar-refractivity contribution is -0.155. The summed E-state index contributed by atoms with van der Waals surface area (Å²) in [6.07, 6.45) is -0.646. The number of carbonyl (C=O) groups excluding carboxylic acids is 3. The molecule has 1 aliphatic heterocycles. The Hall–Kier alpha value is -2.69. The van der Waals surface area contributed by atoms with E-state index in [2.05, 4.69) is 10.9 Å². The van der Waals surface area contributed by atoms with Crippen LogP contribution in [0, 0.1) is 11.7 Å². The summed E-state index contributed by atoms with van der Waals surface area (Å²) in [5.74, 6) is -2.56. The molecule has 0 aliphatic carbocycles. The Morgan fingerprint density at radius 3 is 2.43 bits per heavy atom. The number of hydrogen-bond acceptors (Lipinski definition) is 7. The van der Waals surface area contributed by atoms with Gasteiger partial charge in [-0.15, -0.1) is 0 Å². The van der Waals surface area contributed by atoms with Crippen molar-refractivity contribution in [2.45, 2.75) is 25.9 Å². The van der Waals surface area contributed by atoms with E-state index in [0.29, 0.717) is 6.42 Å².